The van der Waals surface area contributed by atoms with E-state index in [1.54, 1.807) is 12.1 Å². The van der Waals surface area contributed by atoms with Gasteiger partial charge in [0.2, 0.25) is 0 Å². The molecule has 0 aliphatic carbocycles. The number of aliphatic carboxylic acids is 1. The molecule has 0 saturated heterocycles. The number of dihydropyridines is 1. The molecule has 1 aliphatic heterocycles. The Hall–Kier alpha value is -4.18. The van der Waals surface area contributed by atoms with Gasteiger partial charge < -0.3 is 15.2 Å². The van der Waals surface area contributed by atoms with Crippen LogP contribution in [0.25, 0.3) is 0 Å². The average molecular weight is 396 g/mol. The van der Waals surface area contributed by atoms with E-state index >= 15 is 0 Å². The van der Waals surface area contributed by atoms with Crippen LogP contribution >= 0.6 is 0 Å². The van der Waals surface area contributed by atoms with Gasteiger partial charge in [0.15, 0.2) is 5.92 Å². The number of ether oxygens (including phenoxy) is 1. The number of rotatable bonds is 6. The second-order valence-electron chi connectivity index (χ2n) is 6.20. The molecule has 1 aromatic carbocycles. The Morgan fingerprint density at radius 2 is 1.90 bits per heavy atom. The van der Waals surface area contributed by atoms with Crippen molar-refractivity contribution >= 4 is 17.6 Å². The molecule has 1 aromatic rings. The van der Waals surface area contributed by atoms with E-state index in [4.69, 9.17) is 15.3 Å². The van der Waals surface area contributed by atoms with Crippen LogP contribution in [0.5, 0.6) is 0 Å². The van der Waals surface area contributed by atoms with E-state index in [1.165, 1.54) is 38.1 Å². The molecule has 0 spiro atoms. The van der Waals surface area contributed by atoms with Gasteiger partial charge in [-0.1, -0.05) is 12.1 Å². The molecule has 0 aromatic heterocycles. The lowest BCUT2D eigenvalue weighted by Crippen LogP contribution is -2.32. The third kappa shape index (κ3) is 4.39. The van der Waals surface area contributed by atoms with E-state index in [0.29, 0.717) is 5.70 Å². The first-order valence-electron chi connectivity index (χ1n) is 8.33. The van der Waals surface area contributed by atoms with Crippen molar-refractivity contribution in [1.82, 2.24) is 5.32 Å². The van der Waals surface area contributed by atoms with Crippen molar-refractivity contribution in [2.45, 2.75) is 19.8 Å². The molecule has 0 amide bonds. The Morgan fingerprint density at radius 1 is 1.28 bits per heavy atom. The lowest BCUT2D eigenvalue weighted by molar-refractivity contribution is -0.384. The van der Waals surface area contributed by atoms with Gasteiger partial charge in [-0.05, 0) is 19.4 Å². The van der Waals surface area contributed by atoms with Gasteiger partial charge in [-0.25, -0.2) is 9.59 Å². The van der Waals surface area contributed by atoms with E-state index in [0.717, 1.165) is 0 Å². The summed E-state index contributed by atoms with van der Waals surface area (Å²) in [6.45, 7) is 2.56. The second kappa shape index (κ2) is 8.67. The van der Waals surface area contributed by atoms with Gasteiger partial charge in [-0.15, -0.1) is 0 Å². The van der Waals surface area contributed by atoms with Crippen molar-refractivity contribution < 1.29 is 24.4 Å². The summed E-state index contributed by atoms with van der Waals surface area (Å²) in [5, 5.41) is 41.3. The Kier molecular flexibility index (Phi) is 6.32. The summed E-state index contributed by atoms with van der Waals surface area (Å²) in [6.07, 6.45) is 0. The number of nitrogens with one attached hydrogen (secondary N) is 1. The van der Waals surface area contributed by atoms with Crippen LogP contribution in [0.2, 0.25) is 0 Å². The van der Waals surface area contributed by atoms with Gasteiger partial charge in [-0.2, -0.15) is 10.5 Å². The van der Waals surface area contributed by atoms with Crippen LogP contribution in [0.4, 0.5) is 5.69 Å². The molecule has 2 N–H and O–H groups in total. The normalized spacial score (nSPS) is 16.0. The summed E-state index contributed by atoms with van der Waals surface area (Å²) in [7, 11) is 0. The van der Waals surface area contributed by atoms with E-state index in [-0.39, 0.29) is 28.1 Å². The minimum Gasteiger partial charge on any atom is -0.478 e. The number of carbonyl (C=O) groups is 2. The molecular weight excluding hydrogens is 380 g/mol. The maximum Gasteiger partial charge on any atom is 0.336 e. The Balaban J connectivity index is 2.57. The molecule has 1 heterocycles. The van der Waals surface area contributed by atoms with Gasteiger partial charge in [0.05, 0.1) is 34.1 Å². The molecular formula is C19H16N4O6. The first-order valence-corrected chi connectivity index (χ1v) is 8.33. The van der Waals surface area contributed by atoms with Crippen molar-refractivity contribution in [3.05, 3.63) is 62.5 Å². The quantitative estimate of drug-likeness (QED) is 0.416. The number of esters is 1. The Morgan fingerprint density at radius 3 is 2.45 bits per heavy atom. The summed E-state index contributed by atoms with van der Waals surface area (Å²) in [5.41, 5.74) is 0.307. The maximum absolute atomic E-state index is 12.7. The summed E-state index contributed by atoms with van der Waals surface area (Å²) >= 11 is 0. The van der Waals surface area contributed by atoms with Crippen molar-refractivity contribution in [3.8, 4) is 12.1 Å². The fourth-order valence-corrected chi connectivity index (χ4v) is 3.04. The number of nitriles is 2. The Labute approximate surface area is 165 Å². The number of carboxylic acid groups (broad SMARTS) is 1. The summed E-state index contributed by atoms with van der Waals surface area (Å²) in [4.78, 5) is 35.2. The second-order valence-corrected chi connectivity index (χ2v) is 6.20. The third-order valence-electron chi connectivity index (χ3n) is 4.32. The first kappa shape index (κ1) is 21.1. The zero-order chi connectivity index (χ0) is 21.7. The number of non-ortho nitro benzene ring substituents is 1. The highest BCUT2D eigenvalue weighted by Gasteiger charge is 2.38. The maximum atomic E-state index is 12.7. The highest BCUT2D eigenvalue weighted by Crippen LogP contribution is 2.39. The van der Waals surface area contributed by atoms with Crippen molar-refractivity contribution in [2.24, 2.45) is 5.92 Å². The van der Waals surface area contributed by atoms with Gasteiger partial charge in [0, 0.05) is 23.5 Å². The van der Waals surface area contributed by atoms with Gasteiger partial charge in [-0.3, -0.25) is 10.1 Å². The molecule has 2 rings (SSSR count). The highest BCUT2D eigenvalue weighted by atomic mass is 16.6. The summed E-state index contributed by atoms with van der Waals surface area (Å²) in [6, 6.07) is 8.66. The molecule has 148 valence electrons. The van der Waals surface area contributed by atoms with Crippen molar-refractivity contribution in [2.75, 3.05) is 6.61 Å². The largest absolute Gasteiger partial charge is 0.478 e. The van der Waals surface area contributed by atoms with Gasteiger partial charge in [0.25, 0.3) is 5.69 Å². The molecule has 10 heteroatoms. The van der Waals surface area contributed by atoms with E-state index in [1.807, 2.05) is 0 Å². The van der Waals surface area contributed by atoms with Crippen molar-refractivity contribution in [3.63, 3.8) is 0 Å². The number of carbonyl (C=O) groups excluding carboxylic acids is 1. The number of hydrogen-bond acceptors (Lipinski definition) is 8. The van der Waals surface area contributed by atoms with Gasteiger partial charge >= 0.3 is 11.9 Å². The molecule has 0 saturated carbocycles. The fourth-order valence-electron chi connectivity index (χ4n) is 3.04. The predicted molar refractivity (Wildman–Crippen MR) is 97.7 cm³/mol. The fraction of sp³-hybridized carbons (Fsp3) is 0.263. The number of benzene rings is 1. The average Bonchev–Trinajstić information content (AvgIpc) is 2.67. The number of hydrogen-bond donors (Lipinski definition) is 2. The van der Waals surface area contributed by atoms with Gasteiger partial charge in [0.1, 0.15) is 6.61 Å². The monoisotopic (exact) mass is 396 g/mol. The number of carboxylic acids is 1. The predicted octanol–water partition coefficient (Wildman–Crippen LogP) is 2.12. The minimum atomic E-state index is -1.31. The van der Waals surface area contributed by atoms with Crippen molar-refractivity contribution in [1.29, 1.82) is 10.5 Å². The number of allylic oxidation sites excluding steroid dienone is 2. The lowest BCUT2D eigenvalue weighted by Gasteiger charge is -2.29. The smallest absolute Gasteiger partial charge is 0.336 e. The van der Waals surface area contributed by atoms with Crippen LogP contribution in [0.1, 0.15) is 25.3 Å². The molecule has 0 fully saturated rings. The van der Waals surface area contributed by atoms with E-state index < -0.39 is 35.3 Å². The number of nitro groups is 1. The molecule has 1 aliphatic rings. The van der Waals surface area contributed by atoms with Crippen LogP contribution in [0.15, 0.2) is 46.8 Å². The minimum absolute atomic E-state index is 0.0665. The number of nitro benzene ring substituents is 1. The van der Waals surface area contributed by atoms with Crippen LogP contribution in [-0.4, -0.2) is 28.6 Å². The summed E-state index contributed by atoms with van der Waals surface area (Å²) in [5.74, 6) is -4.54. The highest BCUT2D eigenvalue weighted by molar-refractivity contribution is 5.99. The zero-order valence-electron chi connectivity index (χ0n) is 15.5. The molecule has 1 unspecified atom stereocenters. The van der Waals surface area contributed by atoms with E-state index in [9.17, 15) is 24.8 Å². The van der Waals surface area contributed by atoms with Crippen LogP contribution in [-0.2, 0) is 14.3 Å². The topological polar surface area (TPSA) is 166 Å². The van der Waals surface area contributed by atoms with Crippen LogP contribution < -0.4 is 5.32 Å². The zero-order valence-corrected chi connectivity index (χ0v) is 15.5. The Bertz CT molecular complexity index is 1010. The lowest BCUT2D eigenvalue weighted by atomic mass is 9.80. The molecule has 0 bridgehead atoms. The van der Waals surface area contributed by atoms with Crippen LogP contribution in [0, 0.1) is 38.7 Å². The molecule has 1 atom stereocenters. The molecule has 10 nitrogen and oxygen atoms in total. The molecule has 0 radical (unpaired) electrons. The molecule has 29 heavy (non-hydrogen) atoms. The number of nitrogens with zero attached hydrogens (tertiary/aromatic N) is 3. The first-order chi connectivity index (χ1) is 13.7. The summed E-state index contributed by atoms with van der Waals surface area (Å²) < 4.78 is 5.06. The van der Waals surface area contributed by atoms with Crippen LogP contribution in [0.3, 0.4) is 0 Å². The van der Waals surface area contributed by atoms with E-state index in [2.05, 4.69) is 5.32 Å². The standard InChI is InChI=1S/C19H16N4O6/c1-10-15(18(24)25)17(13-4-3-5-14(6-13)23(27)28)16(11(2)22-10)19(26)29-9-12(7-20)8-21/h3-6,12,17,22H,9H2,1-2H3,(H,24,25). The third-order valence-corrected chi connectivity index (χ3v) is 4.32. The SMILES string of the molecule is CC1=C(C(=O)O)C(c2cccc([N+](=O)[O-])c2)C(C(=O)OCC(C#N)C#N)=C(C)N1.